The summed E-state index contributed by atoms with van der Waals surface area (Å²) in [6.45, 7) is 5.81. The third-order valence-corrected chi connectivity index (χ3v) is 3.37. The molecule has 1 heterocycles. The van der Waals surface area contributed by atoms with Gasteiger partial charge in [-0.05, 0) is 55.8 Å². The van der Waals surface area contributed by atoms with Gasteiger partial charge < -0.3 is 10.5 Å². The van der Waals surface area contributed by atoms with Gasteiger partial charge in [0.15, 0.2) is 0 Å². The van der Waals surface area contributed by atoms with E-state index in [9.17, 15) is 0 Å². The van der Waals surface area contributed by atoms with E-state index in [2.05, 4.69) is 26.0 Å². The van der Waals surface area contributed by atoms with Crippen molar-refractivity contribution in [1.29, 1.82) is 0 Å². The van der Waals surface area contributed by atoms with Gasteiger partial charge in [-0.15, -0.1) is 0 Å². The Morgan fingerprint density at radius 3 is 2.93 bits per heavy atom. The summed E-state index contributed by atoms with van der Waals surface area (Å²) >= 11 is 0. The van der Waals surface area contributed by atoms with Crippen molar-refractivity contribution >= 4 is 0 Å². The minimum absolute atomic E-state index is 0.474. The summed E-state index contributed by atoms with van der Waals surface area (Å²) in [6.07, 6.45) is 2.25. The van der Waals surface area contributed by atoms with Crippen LogP contribution in [-0.4, -0.2) is 13.2 Å². The summed E-state index contributed by atoms with van der Waals surface area (Å²) < 4.78 is 5.84. The van der Waals surface area contributed by atoms with Gasteiger partial charge in [-0.25, -0.2) is 0 Å². The average molecular weight is 205 g/mol. The fourth-order valence-electron chi connectivity index (χ4n) is 2.23. The summed E-state index contributed by atoms with van der Waals surface area (Å²) in [7, 11) is 0. The Kier molecular flexibility index (Phi) is 2.96. The molecule has 0 bridgehead atoms. The molecule has 0 amide bonds. The van der Waals surface area contributed by atoms with Crippen LogP contribution in [0.4, 0.5) is 0 Å². The van der Waals surface area contributed by atoms with E-state index in [0.29, 0.717) is 5.92 Å². The molecular formula is C13H19NO. The zero-order chi connectivity index (χ0) is 10.8. The molecule has 0 saturated heterocycles. The second kappa shape index (κ2) is 4.23. The van der Waals surface area contributed by atoms with Gasteiger partial charge in [0.25, 0.3) is 0 Å². The Balaban J connectivity index is 2.49. The highest BCUT2D eigenvalue weighted by molar-refractivity contribution is 5.47. The number of rotatable bonds is 1. The molecule has 1 aliphatic heterocycles. The molecule has 0 aliphatic carbocycles. The number of benzene rings is 1. The van der Waals surface area contributed by atoms with Crippen LogP contribution in [0.15, 0.2) is 12.1 Å². The summed E-state index contributed by atoms with van der Waals surface area (Å²) in [5, 5.41) is 0. The fraction of sp³-hybridized carbons (Fsp3) is 0.538. The van der Waals surface area contributed by atoms with Crippen LogP contribution in [0.3, 0.4) is 0 Å². The van der Waals surface area contributed by atoms with Gasteiger partial charge in [-0.3, -0.25) is 0 Å². The van der Waals surface area contributed by atoms with Crippen LogP contribution in [0.1, 0.15) is 35.4 Å². The molecule has 2 nitrogen and oxygen atoms in total. The van der Waals surface area contributed by atoms with E-state index < -0.39 is 0 Å². The van der Waals surface area contributed by atoms with Gasteiger partial charge in [-0.1, -0.05) is 12.1 Å². The van der Waals surface area contributed by atoms with Crippen molar-refractivity contribution in [2.24, 2.45) is 5.73 Å². The SMILES string of the molecule is Cc1ccc2c(c1C)OCCCC2CN. The minimum atomic E-state index is 0.474. The van der Waals surface area contributed by atoms with Gasteiger partial charge in [-0.2, -0.15) is 0 Å². The lowest BCUT2D eigenvalue weighted by Crippen LogP contribution is -2.12. The van der Waals surface area contributed by atoms with E-state index in [1.807, 2.05) is 0 Å². The number of hydrogen-bond donors (Lipinski definition) is 1. The predicted molar refractivity (Wildman–Crippen MR) is 62.4 cm³/mol. The topological polar surface area (TPSA) is 35.2 Å². The Labute approximate surface area is 91.4 Å². The molecular weight excluding hydrogens is 186 g/mol. The highest BCUT2D eigenvalue weighted by Gasteiger charge is 2.20. The maximum Gasteiger partial charge on any atom is 0.125 e. The van der Waals surface area contributed by atoms with Crippen LogP contribution in [0.2, 0.25) is 0 Å². The molecule has 2 rings (SSSR count). The van der Waals surface area contributed by atoms with E-state index in [-0.39, 0.29) is 0 Å². The Bertz CT molecular complexity index is 360. The molecule has 1 aromatic rings. The lowest BCUT2D eigenvalue weighted by Gasteiger charge is -2.17. The van der Waals surface area contributed by atoms with Crippen molar-refractivity contribution in [3.8, 4) is 5.75 Å². The first-order valence-electron chi connectivity index (χ1n) is 5.67. The van der Waals surface area contributed by atoms with Crippen LogP contribution < -0.4 is 10.5 Å². The third kappa shape index (κ3) is 1.86. The smallest absolute Gasteiger partial charge is 0.125 e. The van der Waals surface area contributed by atoms with Crippen molar-refractivity contribution in [2.75, 3.05) is 13.2 Å². The van der Waals surface area contributed by atoms with Crippen LogP contribution in [0.25, 0.3) is 0 Å². The van der Waals surface area contributed by atoms with Crippen molar-refractivity contribution in [3.05, 3.63) is 28.8 Å². The van der Waals surface area contributed by atoms with Crippen molar-refractivity contribution in [1.82, 2.24) is 0 Å². The molecule has 1 aromatic carbocycles. The molecule has 1 aliphatic rings. The first-order valence-corrected chi connectivity index (χ1v) is 5.67. The molecule has 1 atom stereocenters. The summed E-state index contributed by atoms with van der Waals surface area (Å²) in [5.74, 6) is 1.56. The van der Waals surface area contributed by atoms with Crippen molar-refractivity contribution in [3.63, 3.8) is 0 Å². The van der Waals surface area contributed by atoms with Crippen LogP contribution in [0.5, 0.6) is 5.75 Å². The molecule has 0 spiro atoms. The first-order chi connectivity index (χ1) is 7.24. The first kappa shape index (κ1) is 10.5. The van der Waals surface area contributed by atoms with E-state index >= 15 is 0 Å². The standard InChI is InChI=1S/C13H19NO/c1-9-5-6-12-11(8-14)4-3-7-15-13(12)10(9)2/h5-6,11H,3-4,7-8,14H2,1-2H3. The van der Waals surface area contributed by atoms with Crippen LogP contribution in [-0.2, 0) is 0 Å². The number of fused-ring (bicyclic) bond motifs is 1. The van der Waals surface area contributed by atoms with E-state index in [0.717, 1.165) is 31.7 Å². The second-order valence-corrected chi connectivity index (χ2v) is 4.35. The monoisotopic (exact) mass is 205 g/mol. The molecule has 2 heteroatoms. The number of hydrogen-bond acceptors (Lipinski definition) is 2. The molecule has 15 heavy (non-hydrogen) atoms. The predicted octanol–water partition coefficient (Wildman–Crippen LogP) is 2.52. The molecule has 0 saturated carbocycles. The normalized spacial score (nSPS) is 20.3. The quantitative estimate of drug-likeness (QED) is 0.764. The Morgan fingerprint density at radius 1 is 1.40 bits per heavy atom. The van der Waals surface area contributed by atoms with E-state index in [1.165, 1.54) is 16.7 Å². The molecule has 82 valence electrons. The van der Waals surface area contributed by atoms with Gasteiger partial charge in [0.2, 0.25) is 0 Å². The van der Waals surface area contributed by atoms with Crippen LogP contribution in [0, 0.1) is 13.8 Å². The van der Waals surface area contributed by atoms with Gasteiger partial charge in [0, 0.05) is 0 Å². The van der Waals surface area contributed by atoms with Crippen LogP contribution >= 0.6 is 0 Å². The average Bonchev–Trinajstić information content (AvgIpc) is 2.45. The zero-order valence-electron chi connectivity index (χ0n) is 9.55. The Hall–Kier alpha value is -1.02. The van der Waals surface area contributed by atoms with E-state index in [4.69, 9.17) is 10.5 Å². The molecule has 0 radical (unpaired) electrons. The Morgan fingerprint density at radius 2 is 2.20 bits per heavy atom. The summed E-state index contributed by atoms with van der Waals surface area (Å²) in [6, 6.07) is 4.35. The largest absolute Gasteiger partial charge is 0.493 e. The highest BCUT2D eigenvalue weighted by Crippen LogP contribution is 2.36. The summed E-state index contributed by atoms with van der Waals surface area (Å²) in [4.78, 5) is 0. The second-order valence-electron chi connectivity index (χ2n) is 4.35. The molecule has 2 N–H and O–H groups in total. The molecule has 0 aromatic heterocycles. The third-order valence-electron chi connectivity index (χ3n) is 3.37. The molecule has 1 unspecified atom stereocenters. The maximum atomic E-state index is 5.84. The number of nitrogens with two attached hydrogens (primary N) is 1. The zero-order valence-corrected chi connectivity index (χ0v) is 9.55. The van der Waals surface area contributed by atoms with Gasteiger partial charge >= 0.3 is 0 Å². The molecule has 0 fully saturated rings. The lowest BCUT2D eigenvalue weighted by molar-refractivity contribution is 0.314. The van der Waals surface area contributed by atoms with Gasteiger partial charge in [0.1, 0.15) is 5.75 Å². The van der Waals surface area contributed by atoms with Crippen molar-refractivity contribution < 1.29 is 4.74 Å². The fourth-order valence-corrected chi connectivity index (χ4v) is 2.23. The maximum absolute atomic E-state index is 5.84. The number of aryl methyl sites for hydroxylation is 1. The summed E-state index contributed by atoms with van der Waals surface area (Å²) in [5.41, 5.74) is 9.69. The van der Waals surface area contributed by atoms with E-state index in [1.54, 1.807) is 0 Å². The lowest BCUT2D eigenvalue weighted by atomic mass is 9.92. The highest BCUT2D eigenvalue weighted by atomic mass is 16.5. The minimum Gasteiger partial charge on any atom is -0.493 e. The van der Waals surface area contributed by atoms with Gasteiger partial charge in [0.05, 0.1) is 6.61 Å². The van der Waals surface area contributed by atoms with Crippen molar-refractivity contribution in [2.45, 2.75) is 32.6 Å². The number of ether oxygens (including phenoxy) is 1.